The number of anilines is 2. The number of hydrogen-bond donors (Lipinski definition) is 1. The summed E-state index contributed by atoms with van der Waals surface area (Å²) in [5.41, 5.74) is 1.44. The Bertz CT molecular complexity index is 1190. The van der Waals surface area contributed by atoms with Gasteiger partial charge in [0.2, 0.25) is 11.8 Å². The third kappa shape index (κ3) is 4.25. The molecule has 0 spiro atoms. The van der Waals surface area contributed by atoms with Crippen LogP contribution in [0.25, 0.3) is 0 Å². The molecule has 3 fully saturated rings. The molecule has 0 unspecified atom stereocenters. The van der Waals surface area contributed by atoms with Crippen molar-refractivity contribution < 1.29 is 33.4 Å². The predicted octanol–water partition coefficient (Wildman–Crippen LogP) is 3.19. The zero-order valence-electron chi connectivity index (χ0n) is 19.8. The minimum atomic E-state index is -0.705. The molecule has 3 aliphatic rings. The first-order chi connectivity index (χ1) is 17.4. The number of carbonyl (C=O) groups excluding carboxylic acids is 5. The fourth-order valence-electron chi connectivity index (χ4n) is 5.73. The second-order valence-electron chi connectivity index (χ2n) is 9.37. The summed E-state index contributed by atoms with van der Waals surface area (Å²) in [6.45, 7) is 1.47. The lowest BCUT2D eigenvalue weighted by Gasteiger charge is -2.19. The maximum Gasteiger partial charge on any atom is 0.338 e. The third-order valence-corrected chi connectivity index (χ3v) is 7.30. The van der Waals surface area contributed by atoms with Gasteiger partial charge in [-0.3, -0.25) is 19.3 Å². The number of imide groups is 1. The van der Waals surface area contributed by atoms with Crippen LogP contribution in [0.4, 0.5) is 11.4 Å². The monoisotopic (exact) mass is 490 g/mol. The van der Waals surface area contributed by atoms with Gasteiger partial charge < -0.3 is 14.8 Å². The molecule has 1 saturated heterocycles. The van der Waals surface area contributed by atoms with Gasteiger partial charge in [-0.25, -0.2) is 9.59 Å². The lowest BCUT2D eigenvalue weighted by atomic mass is 9.81. The summed E-state index contributed by atoms with van der Waals surface area (Å²) >= 11 is 0. The quantitative estimate of drug-likeness (QED) is 0.468. The molecule has 2 aromatic carbocycles. The van der Waals surface area contributed by atoms with Crippen molar-refractivity contribution in [1.82, 2.24) is 0 Å². The number of hydrogen-bond acceptors (Lipinski definition) is 7. The highest BCUT2D eigenvalue weighted by Gasteiger charge is 2.61. The van der Waals surface area contributed by atoms with Crippen LogP contribution in [-0.2, 0) is 23.9 Å². The van der Waals surface area contributed by atoms with Crippen molar-refractivity contribution in [2.75, 3.05) is 23.4 Å². The third-order valence-electron chi connectivity index (χ3n) is 7.30. The number of benzene rings is 2. The fourth-order valence-corrected chi connectivity index (χ4v) is 5.73. The van der Waals surface area contributed by atoms with E-state index in [1.807, 2.05) is 0 Å². The predicted molar refractivity (Wildman–Crippen MR) is 128 cm³/mol. The first kappa shape index (κ1) is 23.7. The fraction of sp³-hybridized carbons (Fsp3) is 0.370. The number of carbonyl (C=O) groups is 5. The largest absolute Gasteiger partial charge is 0.462 e. The van der Waals surface area contributed by atoms with Crippen LogP contribution < -0.4 is 10.2 Å². The van der Waals surface area contributed by atoms with E-state index in [2.05, 4.69) is 5.32 Å². The van der Waals surface area contributed by atoms with E-state index < -0.39 is 24.5 Å². The van der Waals surface area contributed by atoms with Crippen LogP contribution >= 0.6 is 0 Å². The number of fused-ring (bicyclic) bond motifs is 5. The van der Waals surface area contributed by atoms with E-state index in [1.165, 1.54) is 29.2 Å². The van der Waals surface area contributed by atoms with Crippen LogP contribution in [0.5, 0.6) is 0 Å². The van der Waals surface area contributed by atoms with Gasteiger partial charge in [0.05, 0.1) is 35.3 Å². The summed E-state index contributed by atoms with van der Waals surface area (Å²) in [7, 11) is 0. The number of esters is 2. The molecule has 2 saturated carbocycles. The Labute approximate surface area is 207 Å². The highest BCUT2D eigenvalue weighted by molar-refractivity contribution is 6.22. The van der Waals surface area contributed by atoms with Crippen LogP contribution in [0.15, 0.2) is 48.5 Å². The van der Waals surface area contributed by atoms with Gasteiger partial charge in [0.1, 0.15) is 0 Å². The molecule has 9 heteroatoms. The van der Waals surface area contributed by atoms with Gasteiger partial charge in [-0.05, 0) is 86.6 Å². The molecular formula is C27H26N2O7. The molecular weight excluding hydrogens is 464 g/mol. The topological polar surface area (TPSA) is 119 Å². The molecule has 1 N–H and O–H groups in total. The van der Waals surface area contributed by atoms with Crippen molar-refractivity contribution in [3.8, 4) is 0 Å². The van der Waals surface area contributed by atoms with Crippen molar-refractivity contribution in [3.05, 3.63) is 59.7 Å². The highest BCUT2D eigenvalue weighted by Crippen LogP contribution is 2.56. The summed E-state index contributed by atoms with van der Waals surface area (Å²) in [5, 5.41) is 2.58. The van der Waals surface area contributed by atoms with Crippen LogP contribution in [0.2, 0.25) is 0 Å². The molecule has 1 heterocycles. The first-order valence-corrected chi connectivity index (χ1v) is 12.1. The first-order valence-electron chi connectivity index (χ1n) is 12.1. The summed E-state index contributed by atoms with van der Waals surface area (Å²) in [4.78, 5) is 63.4. The molecule has 9 nitrogen and oxygen atoms in total. The molecule has 2 aromatic rings. The minimum absolute atomic E-state index is 0.139. The molecule has 36 heavy (non-hydrogen) atoms. The van der Waals surface area contributed by atoms with Gasteiger partial charge >= 0.3 is 11.9 Å². The second-order valence-corrected chi connectivity index (χ2v) is 9.37. The summed E-state index contributed by atoms with van der Waals surface area (Å²) in [6.07, 6.45) is 2.99. The van der Waals surface area contributed by atoms with Crippen molar-refractivity contribution >= 4 is 41.0 Å². The average Bonchev–Trinajstić information content (AvgIpc) is 3.57. The van der Waals surface area contributed by atoms with E-state index in [0.29, 0.717) is 28.8 Å². The smallest absolute Gasteiger partial charge is 0.338 e. The zero-order chi connectivity index (χ0) is 25.4. The zero-order valence-corrected chi connectivity index (χ0v) is 19.8. The highest BCUT2D eigenvalue weighted by atomic mass is 16.5. The van der Waals surface area contributed by atoms with E-state index in [4.69, 9.17) is 9.47 Å². The molecule has 186 valence electrons. The van der Waals surface area contributed by atoms with Crippen LogP contribution in [0.1, 0.15) is 46.9 Å². The standard InChI is InChI=1S/C27H26N2O7/c1-2-35-26(33)15-5-9-19(10-6-15)28-21(30)14-36-27(34)16-7-11-20(12-8-16)29-24(31)22-17-3-4-18(13-17)23(22)25(29)32/h5-12,17-18,22-23H,2-4,13-14H2,1H3,(H,28,30)/t17-,18-,22-,23-/m0/s1. The maximum atomic E-state index is 13.0. The Hall–Kier alpha value is -4.01. The molecule has 0 aromatic heterocycles. The average molecular weight is 491 g/mol. The van der Waals surface area contributed by atoms with Gasteiger partial charge in [-0.15, -0.1) is 0 Å². The lowest BCUT2D eigenvalue weighted by Crippen LogP contribution is -2.32. The maximum absolute atomic E-state index is 13.0. The van der Waals surface area contributed by atoms with Gasteiger partial charge in [-0.1, -0.05) is 0 Å². The normalized spacial score (nSPS) is 24.0. The molecule has 0 radical (unpaired) electrons. The van der Waals surface area contributed by atoms with E-state index in [9.17, 15) is 24.0 Å². The summed E-state index contributed by atoms with van der Waals surface area (Å²) < 4.78 is 10.00. The second kappa shape index (κ2) is 9.56. The number of rotatable bonds is 7. The van der Waals surface area contributed by atoms with E-state index >= 15 is 0 Å². The summed E-state index contributed by atoms with van der Waals surface area (Å²) in [5.74, 6) is -1.79. The number of ether oxygens (including phenoxy) is 2. The van der Waals surface area contributed by atoms with Crippen molar-refractivity contribution in [2.45, 2.75) is 26.2 Å². The van der Waals surface area contributed by atoms with Gasteiger partial charge in [0, 0.05) is 5.69 Å². The lowest BCUT2D eigenvalue weighted by molar-refractivity contribution is -0.123. The van der Waals surface area contributed by atoms with Crippen LogP contribution in [0.3, 0.4) is 0 Å². The molecule has 2 bridgehead atoms. The Balaban J connectivity index is 1.15. The van der Waals surface area contributed by atoms with E-state index in [0.717, 1.165) is 19.3 Å². The number of nitrogens with zero attached hydrogens (tertiary/aromatic N) is 1. The van der Waals surface area contributed by atoms with E-state index in [-0.39, 0.29) is 35.8 Å². The molecule has 2 aliphatic carbocycles. The van der Waals surface area contributed by atoms with Gasteiger partial charge in [0.25, 0.3) is 5.91 Å². The Morgan fingerprint density at radius 3 is 1.92 bits per heavy atom. The Morgan fingerprint density at radius 1 is 0.833 bits per heavy atom. The minimum Gasteiger partial charge on any atom is -0.462 e. The molecule has 4 atom stereocenters. The van der Waals surface area contributed by atoms with Gasteiger partial charge in [-0.2, -0.15) is 0 Å². The molecule has 3 amide bonds. The molecule has 1 aliphatic heterocycles. The number of nitrogens with one attached hydrogen (secondary N) is 1. The molecule has 5 rings (SSSR count). The van der Waals surface area contributed by atoms with E-state index in [1.54, 1.807) is 31.2 Å². The summed E-state index contributed by atoms with van der Waals surface area (Å²) in [6, 6.07) is 12.2. The van der Waals surface area contributed by atoms with Crippen LogP contribution in [0, 0.1) is 23.7 Å². The van der Waals surface area contributed by atoms with Crippen molar-refractivity contribution in [1.29, 1.82) is 0 Å². The van der Waals surface area contributed by atoms with Crippen LogP contribution in [-0.4, -0.2) is 42.9 Å². The van der Waals surface area contributed by atoms with Gasteiger partial charge in [0.15, 0.2) is 6.61 Å². The number of amides is 3. The Kier molecular flexibility index (Phi) is 6.30. The Morgan fingerprint density at radius 2 is 1.36 bits per heavy atom. The SMILES string of the molecule is CCOC(=O)c1ccc(NC(=O)COC(=O)c2ccc(N3C(=O)[C@H]4[C@H]5CC[C@@H](C5)[C@@H]4C3=O)cc2)cc1. The van der Waals surface area contributed by atoms with Crippen molar-refractivity contribution in [3.63, 3.8) is 0 Å². The van der Waals surface area contributed by atoms with Crippen molar-refractivity contribution in [2.24, 2.45) is 23.7 Å².